The van der Waals surface area contributed by atoms with E-state index < -0.39 is 37.0 Å². The Bertz CT molecular complexity index is 443. The van der Waals surface area contributed by atoms with Crippen molar-refractivity contribution in [1.82, 2.24) is 5.32 Å². The largest absolute Gasteiger partial charge is 0.410 e. The van der Waals surface area contributed by atoms with Gasteiger partial charge in [-0.25, -0.2) is 4.39 Å². The molecule has 1 heterocycles. The number of anilines is 1. The summed E-state index contributed by atoms with van der Waals surface area (Å²) in [5, 5.41) is 2.18. The summed E-state index contributed by atoms with van der Waals surface area (Å²) in [5.74, 6) is -1.02. The van der Waals surface area contributed by atoms with Gasteiger partial charge in [-0.15, -0.1) is 0 Å². The summed E-state index contributed by atoms with van der Waals surface area (Å²) in [6.45, 7) is -0.893. The maximum atomic E-state index is 12.8. The number of halogens is 4. The molecule has 1 amide bonds. The molecule has 1 aliphatic heterocycles. The van der Waals surface area contributed by atoms with Crippen LogP contribution >= 0.6 is 0 Å². The van der Waals surface area contributed by atoms with Crippen molar-refractivity contribution in [2.24, 2.45) is 0 Å². The van der Waals surface area contributed by atoms with E-state index in [4.69, 9.17) is 0 Å². The number of carbonyl (C=O) groups excluding carboxylic acids is 1. The van der Waals surface area contributed by atoms with E-state index >= 15 is 0 Å². The molecule has 1 aliphatic rings. The molecule has 1 saturated heterocycles. The molecule has 3 nitrogen and oxygen atoms in total. The van der Waals surface area contributed by atoms with Gasteiger partial charge in [0.05, 0.1) is 6.54 Å². The lowest BCUT2D eigenvalue weighted by Crippen LogP contribution is -2.60. The number of rotatable bonds is 1. The third-order valence-corrected chi connectivity index (χ3v) is 2.72. The van der Waals surface area contributed by atoms with E-state index in [0.29, 0.717) is 0 Å². The molecule has 7 heteroatoms. The van der Waals surface area contributed by atoms with Crippen molar-refractivity contribution in [3.63, 3.8) is 0 Å². The molecule has 1 fully saturated rings. The van der Waals surface area contributed by atoms with Gasteiger partial charge in [-0.3, -0.25) is 4.79 Å². The Morgan fingerprint density at radius 2 is 1.83 bits per heavy atom. The molecule has 1 atom stereocenters. The molecule has 2 rings (SSSR count). The van der Waals surface area contributed by atoms with Crippen molar-refractivity contribution in [3.05, 3.63) is 30.1 Å². The Kier molecular flexibility index (Phi) is 3.14. The topological polar surface area (TPSA) is 32.3 Å². The fourth-order valence-electron chi connectivity index (χ4n) is 1.84. The fraction of sp³-hybridized carbons (Fsp3) is 0.364. The zero-order chi connectivity index (χ0) is 13.3. The second-order valence-corrected chi connectivity index (χ2v) is 3.97. The Hall–Kier alpha value is -1.79. The van der Waals surface area contributed by atoms with Crippen LogP contribution in [-0.4, -0.2) is 31.2 Å². The maximum Gasteiger partial charge on any atom is 0.410 e. The number of alkyl halides is 3. The second kappa shape index (κ2) is 4.47. The summed E-state index contributed by atoms with van der Waals surface area (Å²) in [4.78, 5) is 12.1. The Morgan fingerprint density at radius 1 is 1.22 bits per heavy atom. The highest BCUT2D eigenvalue weighted by atomic mass is 19.4. The van der Waals surface area contributed by atoms with Gasteiger partial charge in [-0.1, -0.05) is 0 Å². The fourth-order valence-corrected chi connectivity index (χ4v) is 1.84. The minimum atomic E-state index is -4.46. The highest BCUT2D eigenvalue weighted by Crippen LogP contribution is 2.29. The van der Waals surface area contributed by atoms with Crippen molar-refractivity contribution >= 4 is 11.6 Å². The van der Waals surface area contributed by atoms with Crippen LogP contribution in [0.5, 0.6) is 0 Å². The molecule has 1 N–H and O–H groups in total. The molecular weight excluding hydrogens is 252 g/mol. The second-order valence-electron chi connectivity index (χ2n) is 3.97. The van der Waals surface area contributed by atoms with Crippen LogP contribution in [0.2, 0.25) is 0 Å². The molecular formula is C11H10F4N2O. The molecule has 98 valence electrons. The van der Waals surface area contributed by atoms with Crippen LogP contribution in [0.15, 0.2) is 24.3 Å². The minimum Gasteiger partial charge on any atom is -0.352 e. The average Bonchev–Trinajstić information content (AvgIpc) is 2.28. The Morgan fingerprint density at radius 3 is 2.39 bits per heavy atom. The quantitative estimate of drug-likeness (QED) is 0.781. The molecule has 0 aromatic heterocycles. The number of amides is 1. The van der Waals surface area contributed by atoms with Crippen LogP contribution in [0, 0.1) is 5.82 Å². The first-order valence-corrected chi connectivity index (χ1v) is 5.23. The number of carbonyl (C=O) groups is 1. The van der Waals surface area contributed by atoms with Gasteiger partial charge in [0.1, 0.15) is 11.9 Å². The van der Waals surface area contributed by atoms with E-state index in [2.05, 4.69) is 5.32 Å². The van der Waals surface area contributed by atoms with E-state index in [1.54, 1.807) is 0 Å². The van der Waals surface area contributed by atoms with E-state index in [1.807, 2.05) is 0 Å². The SMILES string of the molecule is O=C1CN(c2ccc(F)cc2)C(C(F)(F)F)CN1. The molecule has 0 aliphatic carbocycles. The number of hydrogen-bond donors (Lipinski definition) is 1. The van der Waals surface area contributed by atoms with Crippen molar-refractivity contribution in [3.8, 4) is 0 Å². The summed E-state index contributed by atoms with van der Waals surface area (Å²) < 4.78 is 51.2. The van der Waals surface area contributed by atoms with Crippen LogP contribution in [-0.2, 0) is 4.79 Å². The molecule has 1 unspecified atom stereocenters. The van der Waals surface area contributed by atoms with Gasteiger partial charge in [0, 0.05) is 12.2 Å². The summed E-state index contributed by atoms with van der Waals surface area (Å²) in [7, 11) is 0. The zero-order valence-corrected chi connectivity index (χ0v) is 9.17. The highest BCUT2D eigenvalue weighted by molar-refractivity contribution is 5.83. The maximum absolute atomic E-state index is 12.8. The predicted molar refractivity (Wildman–Crippen MR) is 56.6 cm³/mol. The smallest absolute Gasteiger partial charge is 0.352 e. The Balaban J connectivity index is 2.30. The normalized spacial score (nSPS) is 20.8. The first-order valence-electron chi connectivity index (χ1n) is 5.23. The first-order chi connectivity index (χ1) is 8.38. The predicted octanol–water partition coefficient (Wildman–Crippen LogP) is 1.69. The van der Waals surface area contributed by atoms with Crippen molar-refractivity contribution in [2.45, 2.75) is 12.2 Å². The number of nitrogens with one attached hydrogen (secondary N) is 1. The van der Waals surface area contributed by atoms with Crippen LogP contribution < -0.4 is 10.2 Å². The zero-order valence-electron chi connectivity index (χ0n) is 9.17. The van der Waals surface area contributed by atoms with Gasteiger partial charge < -0.3 is 10.2 Å². The number of piperazine rings is 1. The molecule has 0 spiro atoms. The molecule has 18 heavy (non-hydrogen) atoms. The number of nitrogens with zero attached hydrogens (tertiary/aromatic N) is 1. The summed E-state index contributed by atoms with van der Waals surface area (Å²) in [5.41, 5.74) is 0.175. The minimum absolute atomic E-state index is 0.175. The molecule has 1 aromatic carbocycles. The van der Waals surface area contributed by atoms with Gasteiger partial charge in [0.2, 0.25) is 5.91 Å². The lowest BCUT2D eigenvalue weighted by molar-refractivity contribution is -0.153. The third kappa shape index (κ3) is 2.55. The summed E-state index contributed by atoms with van der Waals surface area (Å²) in [6.07, 6.45) is -4.46. The summed E-state index contributed by atoms with van der Waals surface area (Å²) in [6, 6.07) is 2.80. The van der Waals surface area contributed by atoms with Gasteiger partial charge in [-0.05, 0) is 24.3 Å². The highest BCUT2D eigenvalue weighted by Gasteiger charge is 2.46. The average molecular weight is 262 g/mol. The van der Waals surface area contributed by atoms with Gasteiger partial charge in [0.25, 0.3) is 0 Å². The van der Waals surface area contributed by atoms with Crippen molar-refractivity contribution in [2.75, 3.05) is 18.0 Å². The third-order valence-electron chi connectivity index (χ3n) is 2.72. The van der Waals surface area contributed by atoms with Crippen molar-refractivity contribution < 1.29 is 22.4 Å². The van der Waals surface area contributed by atoms with Gasteiger partial charge >= 0.3 is 6.18 Å². The number of benzene rings is 1. The molecule has 0 radical (unpaired) electrons. The van der Waals surface area contributed by atoms with Crippen LogP contribution in [0.1, 0.15) is 0 Å². The lowest BCUT2D eigenvalue weighted by atomic mass is 10.1. The molecule has 0 bridgehead atoms. The van der Waals surface area contributed by atoms with Crippen LogP contribution in [0.25, 0.3) is 0 Å². The van der Waals surface area contributed by atoms with Gasteiger partial charge in [0.15, 0.2) is 0 Å². The van der Waals surface area contributed by atoms with E-state index in [-0.39, 0.29) is 5.69 Å². The van der Waals surface area contributed by atoms with E-state index in [1.165, 1.54) is 12.1 Å². The Labute approximate surface area is 100 Å². The van der Waals surface area contributed by atoms with Crippen molar-refractivity contribution in [1.29, 1.82) is 0 Å². The van der Waals surface area contributed by atoms with E-state index in [9.17, 15) is 22.4 Å². The number of hydrogen-bond acceptors (Lipinski definition) is 2. The van der Waals surface area contributed by atoms with Crippen LogP contribution in [0.4, 0.5) is 23.2 Å². The summed E-state index contributed by atoms with van der Waals surface area (Å²) >= 11 is 0. The molecule has 1 aromatic rings. The van der Waals surface area contributed by atoms with Crippen LogP contribution in [0.3, 0.4) is 0 Å². The monoisotopic (exact) mass is 262 g/mol. The first kappa shape index (κ1) is 12.7. The van der Waals surface area contributed by atoms with Gasteiger partial charge in [-0.2, -0.15) is 13.2 Å². The molecule has 0 saturated carbocycles. The van der Waals surface area contributed by atoms with E-state index in [0.717, 1.165) is 17.0 Å². The lowest BCUT2D eigenvalue weighted by Gasteiger charge is -2.38. The standard InChI is InChI=1S/C11H10F4N2O/c12-7-1-3-8(4-2-7)17-6-10(18)16-5-9(17)11(13,14)15/h1-4,9H,5-6H2,(H,16,18).